The van der Waals surface area contributed by atoms with Gasteiger partial charge in [-0.3, -0.25) is 9.59 Å². The maximum absolute atomic E-state index is 12.9. The summed E-state index contributed by atoms with van der Waals surface area (Å²) in [5.74, 6) is 6.53. The number of hydrogen-bond acceptors (Lipinski definition) is 5. The second kappa shape index (κ2) is 11.4. The summed E-state index contributed by atoms with van der Waals surface area (Å²) < 4.78 is 9.88. The van der Waals surface area contributed by atoms with E-state index < -0.39 is 0 Å². The Balaban J connectivity index is 1.81. The lowest BCUT2D eigenvalue weighted by Gasteiger charge is -2.20. The minimum atomic E-state index is -0.262. The smallest absolute Gasteiger partial charge is 0.307 e. The van der Waals surface area contributed by atoms with Crippen molar-refractivity contribution in [3.8, 4) is 17.6 Å². The number of esters is 1. The fraction of sp³-hybridized carbons (Fsp3) is 0.185. The van der Waals surface area contributed by atoms with Gasteiger partial charge in [-0.05, 0) is 48.5 Å². The summed E-state index contributed by atoms with van der Waals surface area (Å²) in [5.41, 5.74) is 3.47. The maximum atomic E-state index is 12.9. The van der Waals surface area contributed by atoms with Crippen molar-refractivity contribution in [1.29, 1.82) is 0 Å². The van der Waals surface area contributed by atoms with E-state index in [1.54, 1.807) is 37.4 Å². The summed E-state index contributed by atoms with van der Waals surface area (Å²) in [7, 11) is 4.88. The molecule has 1 N–H and O–H groups in total. The van der Waals surface area contributed by atoms with Gasteiger partial charge in [-0.2, -0.15) is 0 Å². The van der Waals surface area contributed by atoms with Gasteiger partial charge >= 0.3 is 5.97 Å². The number of nitrogens with one attached hydrogen (secondary N) is 1. The maximum Gasteiger partial charge on any atom is 0.307 e. The Hall–Kier alpha value is -4.24. The average Bonchev–Trinajstić information content (AvgIpc) is 2.86. The highest BCUT2D eigenvalue weighted by Gasteiger charge is 2.11. The number of anilines is 2. The highest BCUT2D eigenvalue weighted by Crippen LogP contribution is 2.20. The highest BCUT2D eigenvalue weighted by molar-refractivity contribution is 6.06. The van der Waals surface area contributed by atoms with Gasteiger partial charge in [0.1, 0.15) is 5.75 Å². The predicted octanol–water partition coefficient (Wildman–Crippen LogP) is 4.35. The number of para-hydroxylation sites is 1. The van der Waals surface area contributed by atoms with Crippen LogP contribution >= 0.6 is 0 Å². The number of hydrogen-bond donors (Lipinski definition) is 1. The Morgan fingerprint density at radius 1 is 0.879 bits per heavy atom. The van der Waals surface area contributed by atoms with Gasteiger partial charge in [0.05, 0.1) is 31.9 Å². The number of ether oxygens (including phenoxy) is 2. The molecule has 3 aromatic carbocycles. The summed E-state index contributed by atoms with van der Waals surface area (Å²) in [4.78, 5) is 26.3. The normalized spacial score (nSPS) is 9.91. The standard InChI is InChI=1S/C27H26N2O4/c1-29(19-18-26(30)33-3)25-11-7-5-9-21(25)13-12-20-8-4-6-10-24(20)27(31)28-22-14-16-23(32-2)17-15-22/h4-11,14-17H,18-19H2,1-3H3,(H,28,31). The van der Waals surface area contributed by atoms with Crippen LogP contribution in [0.5, 0.6) is 5.75 Å². The van der Waals surface area contributed by atoms with Gasteiger partial charge in [0.15, 0.2) is 0 Å². The van der Waals surface area contributed by atoms with Gasteiger partial charge in [0.25, 0.3) is 5.91 Å². The summed E-state index contributed by atoms with van der Waals surface area (Å²) in [6, 6.07) is 22.1. The topological polar surface area (TPSA) is 67.9 Å². The first-order valence-electron chi connectivity index (χ1n) is 10.4. The number of amides is 1. The molecule has 0 aromatic heterocycles. The highest BCUT2D eigenvalue weighted by atomic mass is 16.5. The number of carbonyl (C=O) groups is 2. The number of methoxy groups -OCH3 is 2. The van der Waals surface area contributed by atoms with Crippen molar-refractivity contribution in [3.05, 3.63) is 89.5 Å². The van der Waals surface area contributed by atoms with E-state index in [-0.39, 0.29) is 18.3 Å². The first-order valence-corrected chi connectivity index (χ1v) is 10.4. The number of rotatable bonds is 7. The summed E-state index contributed by atoms with van der Waals surface area (Å²) >= 11 is 0. The van der Waals surface area contributed by atoms with E-state index in [1.165, 1.54) is 7.11 Å². The average molecular weight is 443 g/mol. The second-order valence-electron chi connectivity index (χ2n) is 7.24. The van der Waals surface area contributed by atoms with E-state index in [0.717, 1.165) is 17.0 Å². The molecule has 6 nitrogen and oxygen atoms in total. The van der Waals surface area contributed by atoms with Crippen LogP contribution in [0.3, 0.4) is 0 Å². The van der Waals surface area contributed by atoms with E-state index >= 15 is 0 Å². The van der Waals surface area contributed by atoms with Crippen LogP contribution < -0.4 is 15.0 Å². The molecule has 3 rings (SSSR count). The Kier molecular flexibility index (Phi) is 8.09. The van der Waals surface area contributed by atoms with Crippen molar-refractivity contribution >= 4 is 23.3 Å². The van der Waals surface area contributed by atoms with Gasteiger partial charge in [0, 0.05) is 30.4 Å². The minimum Gasteiger partial charge on any atom is -0.497 e. The van der Waals surface area contributed by atoms with Crippen molar-refractivity contribution in [2.24, 2.45) is 0 Å². The molecule has 0 spiro atoms. The molecule has 0 aliphatic heterocycles. The first kappa shape index (κ1) is 23.4. The van der Waals surface area contributed by atoms with Crippen LogP contribution in [-0.2, 0) is 9.53 Å². The molecule has 6 heteroatoms. The molecule has 0 saturated heterocycles. The van der Waals surface area contributed by atoms with Crippen LogP contribution in [0, 0.1) is 11.8 Å². The quantitative estimate of drug-likeness (QED) is 0.435. The molecule has 33 heavy (non-hydrogen) atoms. The van der Waals surface area contributed by atoms with Gasteiger partial charge < -0.3 is 19.7 Å². The van der Waals surface area contributed by atoms with Crippen LogP contribution in [-0.4, -0.2) is 39.7 Å². The molecule has 168 valence electrons. The minimum absolute atomic E-state index is 0.242. The number of benzene rings is 3. The first-order chi connectivity index (χ1) is 16.0. The molecule has 0 heterocycles. The van der Waals surface area contributed by atoms with Crippen molar-refractivity contribution < 1.29 is 19.1 Å². The Morgan fingerprint density at radius 2 is 1.52 bits per heavy atom. The monoisotopic (exact) mass is 442 g/mol. The summed E-state index contributed by atoms with van der Waals surface area (Å²) in [6.07, 6.45) is 0.281. The molecule has 0 saturated carbocycles. The molecular weight excluding hydrogens is 416 g/mol. The van der Waals surface area contributed by atoms with Crippen LogP contribution in [0.1, 0.15) is 27.9 Å². The van der Waals surface area contributed by atoms with Crippen LogP contribution in [0.15, 0.2) is 72.8 Å². The lowest BCUT2D eigenvalue weighted by Crippen LogP contribution is -2.22. The SMILES string of the molecule is COC(=O)CCN(C)c1ccccc1C#Cc1ccccc1C(=O)Nc1ccc(OC)cc1. The van der Waals surface area contributed by atoms with Gasteiger partial charge in [-0.1, -0.05) is 36.1 Å². The molecule has 0 bridgehead atoms. The zero-order valence-corrected chi connectivity index (χ0v) is 18.9. The van der Waals surface area contributed by atoms with E-state index in [4.69, 9.17) is 9.47 Å². The largest absolute Gasteiger partial charge is 0.497 e. The molecule has 0 aliphatic carbocycles. The third kappa shape index (κ3) is 6.37. The summed E-state index contributed by atoms with van der Waals surface area (Å²) in [6.45, 7) is 0.506. The lowest BCUT2D eigenvalue weighted by atomic mass is 10.1. The molecule has 0 unspecified atom stereocenters. The van der Waals surface area contributed by atoms with Gasteiger partial charge in [-0.25, -0.2) is 0 Å². The zero-order chi connectivity index (χ0) is 23.6. The van der Waals surface area contributed by atoms with Crippen molar-refractivity contribution in [2.75, 3.05) is 38.0 Å². The predicted molar refractivity (Wildman–Crippen MR) is 130 cm³/mol. The second-order valence-corrected chi connectivity index (χ2v) is 7.24. The third-order valence-corrected chi connectivity index (χ3v) is 5.05. The third-order valence-electron chi connectivity index (χ3n) is 5.05. The number of nitrogens with zero attached hydrogens (tertiary/aromatic N) is 1. The van der Waals surface area contributed by atoms with Crippen LogP contribution in [0.25, 0.3) is 0 Å². The molecule has 0 radical (unpaired) electrons. The van der Waals surface area contributed by atoms with E-state index in [9.17, 15) is 9.59 Å². The van der Waals surface area contributed by atoms with E-state index in [2.05, 4.69) is 17.2 Å². The Labute approximate surface area is 194 Å². The number of carbonyl (C=O) groups excluding carboxylic acids is 2. The molecule has 0 atom stereocenters. The fourth-order valence-electron chi connectivity index (χ4n) is 3.19. The Morgan fingerprint density at radius 3 is 2.21 bits per heavy atom. The van der Waals surface area contributed by atoms with Crippen LogP contribution in [0.2, 0.25) is 0 Å². The molecule has 0 fully saturated rings. The molecular formula is C27H26N2O4. The van der Waals surface area contributed by atoms with E-state index in [0.29, 0.717) is 23.4 Å². The van der Waals surface area contributed by atoms with Crippen molar-refractivity contribution in [3.63, 3.8) is 0 Å². The van der Waals surface area contributed by atoms with Crippen LogP contribution in [0.4, 0.5) is 11.4 Å². The molecule has 3 aromatic rings. The Bertz CT molecular complexity index is 1180. The van der Waals surface area contributed by atoms with Gasteiger partial charge in [-0.15, -0.1) is 0 Å². The summed E-state index contributed by atoms with van der Waals surface area (Å²) in [5, 5.41) is 2.90. The van der Waals surface area contributed by atoms with Crippen molar-refractivity contribution in [2.45, 2.75) is 6.42 Å². The van der Waals surface area contributed by atoms with Crippen molar-refractivity contribution in [1.82, 2.24) is 0 Å². The molecule has 0 aliphatic rings. The van der Waals surface area contributed by atoms with E-state index in [1.807, 2.05) is 54.4 Å². The van der Waals surface area contributed by atoms with Gasteiger partial charge in [0.2, 0.25) is 0 Å². The molecule has 1 amide bonds. The zero-order valence-electron chi connectivity index (χ0n) is 18.9. The fourth-order valence-corrected chi connectivity index (χ4v) is 3.19. The lowest BCUT2D eigenvalue weighted by molar-refractivity contribution is -0.140.